The van der Waals surface area contributed by atoms with Crippen molar-refractivity contribution in [3.8, 4) is 0 Å². The van der Waals surface area contributed by atoms with Crippen LogP contribution >= 0.6 is 0 Å². The zero-order chi connectivity index (χ0) is 16.6. The average molecular weight is 321 g/mol. The van der Waals surface area contributed by atoms with E-state index in [1.807, 2.05) is 0 Å². The van der Waals surface area contributed by atoms with E-state index in [1.54, 1.807) is 33.4 Å². The molecule has 2 aliphatic rings. The van der Waals surface area contributed by atoms with Crippen molar-refractivity contribution in [2.75, 3.05) is 26.7 Å². The Morgan fingerprint density at radius 2 is 2.17 bits per heavy atom. The summed E-state index contributed by atoms with van der Waals surface area (Å²) in [5.74, 6) is 0.710. The van der Waals surface area contributed by atoms with Crippen molar-refractivity contribution in [3.05, 3.63) is 18.2 Å². The number of nitrogens with one attached hydrogen (secondary N) is 2. The minimum absolute atomic E-state index is 0.115. The summed E-state index contributed by atoms with van der Waals surface area (Å²) in [7, 11) is 1.70. The highest BCUT2D eigenvalue weighted by Gasteiger charge is 2.44. The number of H-pyrrole nitrogens is 1. The number of aromatic amines is 1. The number of hydrogen-bond donors (Lipinski definition) is 2. The number of imide groups is 1. The molecule has 1 aromatic rings. The molecule has 3 amide bonds. The van der Waals surface area contributed by atoms with Crippen molar-refractivity contribution in [2.45, 2.75) is 38.0 Å². The molecule has 23 heavy (non-hydrogen) atoms. The van der Waals surface area contributed by atoms with Crippen LogP contribution in [0.1, 0.15) is 32.1 Å². The highest BCUT2D eigenvalue weighted by Crippen LogP contribution is 2.31. The molecule has 0 bridgehead atoms. The van der Waals surface area contributed by atoms with Crippen LogP contribution in [0.5, 0.6) is 0 Å². The largest absolute Gasteiger partial charge is 0.380 e. The Hall–Kier alpha value is -1.93. The van der Waals surface area contributed by atoms with Gasteiger partial charge in [-0.1, -0.05) is 0 Å². The maximum atomic E-state index is 12.3. The van der Waals surface area contributed by atoms with E-state index in [1.165, 1.54) is 4.90 Å². The Labute approximate surface area is 135 Å². The Morgan fingerprint density at radius 1 is 1.39 bits per heavy atom. The van der Waals surface area contributed by atoms with Crippen LogP contribution in [0, 0.1) is 0 Å². The summed E-state index contributed by atoms with van der Waals surface area (Å²) in [6, 6.07) is -0.208. The lowest BCUT2D eigenvalue weighted by atomic mass is 10.1. The number of urea groups is 1. The molecule has 8 heteroatoms. The Bertz CT molecular complexity index is 586. The van der Waals surface area contributed by atoms with E-state index in [0.717, 1.165) is 18.8 Å². The zero-order valence-corrected chi connectivity index (χ0v) is 13.7. The lowest BCUT2D eigenvalue weighted by Crippen LogP contribution is -2.42. The second-order valence-electron chi connectivity index (χ2n) is 6.59. The van der Waals surface area contributed by atoms with Crippen molar-refractivity contribution in [2.24, 2.45) is 0 Å². The predicted octanol–water partition coefficient (Wildman–Crippen LogP) is 0.502. The van der Waals surface area contributed by atoms with Gasteiger partial charge in [0.2, 0.25) is 0 Å². The van der Waals surface area contributed by atoms with Gasteiger partial charge in [-0.05, 0) is 20.3 Å². The van der Waals surface area contributed by atoms with Crippen LogP contribution in [0.25, 0.3) is 0 Å². The molecule has 2 saturated heterocycles. The predicted molar refractivity (Wildman–Crippen MR) is 82.6 cm³/mol. The summed E-state index contributed by atoms with van der Waals surface area (Å²) >= 11 is 0. The lowest BCUT2D eigenvalue weighted by Gasteiger charge is -2.24. The van der Waals surface area contributed by atoms with Gasteiger partial charge in [-0.25, -0.2) is 9.78 Å². The SMILES string of the molecule is CO[C@@H]1CC(c2ncc[nH]2)N(CCN2C(=O)NC(C)(C)C2=O)C1. The molecule has 2 atom stereocenters. The standard InChI is InChI=1S/C15H23N5O3/c1-15(2)13(21)20(14(22)18-15)7-6-19-9-10(23-3)8-11(19)12-16-4-5-17-12/h4-5,10-11H,6-9H2,1-3H3,(H,16,17)(H,18,22)/t10-,11?/m1/s1. The maximum Gasteiger partial charge on any atom is 0.325 e. The van der Waals surface area contributed by atoms with Gasteiger partial charge >= 0.3 is 6.03 Å². The molecule has 0 spiro atoms. The van der Waals surface area contributed by atoms with Crippen molar-refractivity contribution >= 4 is 11.9 Å². The Kier molecular flexibility index (Phi) is 4.11. The molecule has 0 saturated carbocycles. The molecule has 0 aliphatic carbocycles. The molecule has 8 nitrogen and oxygen atoms in total. The molecule has 1 aromatic heterocycles. The second-order valence-corrected chi connectivity index (χ2v) is 6.59. The third-order valence-electron chi connectivity index (χ3n) is 4.59. The molecular formula is C15H23N5O3. The fourth-order valence-electron chi connectivity index (χ4n) is 3.27. The van der Waals surface area contributed by atoms with Gasteiger partial charge in [-0.3, -0.25) is 14.6 Å². The first kappa shape index (κ1) is 15.9. The van der Waals surface area contributed by atoms with Crippen LogP contribution in [0.3, 0.4) is 0 Å². The first-order valence-corrected chi connectivity index (χ1v) is 7.82. The number of nitrogens with zero attached hydrogens (tertiary/aromatic N) is 3. The van der Waals surface area contributed by atoms with E-state index in [2.05, 4.69) is 20.2 Å². The van der Waals surface area contributed by atoms with Crippen molar-refractivity contribution in [3.63, 3.8) is 0 Å². The van der Waals surface area contributed by atoms with Gasteiger partial charge in [-0.15, -0.1) is 0 Å². The van der Waals surface area contributed by atoms with E-state index in [4.69, 9.17) is 4.74 Å². The molecule has 2 N–H and O–H groups in total. The van der Waals surface area contributed by atoms with Gasteiger partial charge in [0.1, 0.15) is 11.4 Å². The molecule has 1 unspecified atom stereocenters. The number of carbonyl (C=O) groups is 2. The molecule has 0 radical (unpaired) electrons. The fraction of sp³-hybridized carbons (Fsp3) is 0.667. The first-order chi connectivity index (χ1) is 10.9. The zero-order valence-electron chi connectivity index (χ0n) is 13.7. The third kappa shape index (κ3) is 2.96. The smallest absolute Gasteiger partial charge is 0.325 e. The van der Waals surface area contributed by atoms with Gasteiger partial charge in [0.15, 0.2) is 0 Å². The number of methoxy groups -OCH3 is 1. The van der Waals surface area contributed by atoms with Crippen molar-refractivity contribution < 1.29 is 14.3 Å². The van der Waals surface area contributed by atoms with Crippen LogP contribution in [0.2, 0.25) is 0 Å². The number of likely N-dealkylation sites (tertiary alicyclic amines) is 1. The van der Waals surface area contributed by atoms with Crippen LogP contribution in [0.15, 0.2) is 12.4 Å². The number of ether oxygens (including phenoxy) is 1. The minimum atomic E-state index is -0.822. The summed E-state index contributed by atoms with van der Waals surface area (Å²) in [4.78, 5) is 35.2. The van der Waals surface area contributed by atoms with Crippen LogP contribution in [-0.2, 0) is 9.53 Å². The third-order valence-corrected chi connectivity index (χ3v) is 4.59. The van der Waals surface area contributed by atoms with Gasteiger partial charge in [-0.2, -0.15) is 0 Å². The summed E-state index contributed by atoms with van der Waals surface area (Å²) in [6.45, 7) is 5.16. The number of hydrogen-bond acceptors (Lipinski definition) is 5. The molecule has 0 aromatic carbocycles. The van der Waals surface area contributed by atoms with Crippen LogP contribution in [-0.4, -0.2) is 70.1 Å². The van der Waals surface area contributed by atoms with Gasteiger partial charge < -0.3 is 15.0 Å². The van der Waals surface area contributed by atoms with Gasteiger partial charge in [0, 0.05) is 39.1 Å². The van der Waals surface area contributed by atoms with Crippen molar-refractivity contribution in [1.29, 1.82) is 0 Å². The maximum absolute atomic E-state index is 12.3. The summed E-state index contributed by atoms with van der Waals surface area (Å²) in [6.07, 6.45) is 4.50. The van der Waals surface area contributed by atoms with Crippen molar-refractivity contribution in [1.82, 2.24) is 25.1 Å². The molecule has 2 aliphatic heterocycles. The number of amides is 3. The normalized spacial score (nSPS) is 27.7. The second kappa shape index (κ2) is 5.93. The molecular weight excluding hydrogens is 298 g/mol. The van der Waals surface area contributed by atoms with Gasteiger partial charge in [0.25, 0.3) is 5.91 Å². The monoisotopic (exact) mass is 321 g/mol. The molecule has 2 fully saturated rings. The van der Waals surface area contributed by atoms with E-state index in [0.29, 0.717) is 13.1 Å². The van der Waals surface area contributed by atoms with E-state index >= 15 is 0 Å². The Morgan fingerprint density at radius 3 is 2.74 bits per heavy atom. The highest BCUT2D eigenvalue weighted by atomic mass is 16.5. The van der Waals surface area contributed by atoms with Crippen LogP contribution < -0.4 is 5.32 Å². The topological polar surface area (TPSA) is 90.6 Å². The van der Waals surface area contributed by atoms with Gasteiger partial charge in [0.05, 0.1) is 12.1 Å². The average Bonchev–Trinajstić information content (AvgIpc) is 3.18. The summed E-state index contributed by atoms with van der Waals surface area (Å²) in [5.41, 5.74) is -0.822. The lowest BCUT2D eigenvalue weighted by molar-refractivity contribution is -0.130. The Balaban J connectivity index is 1.67. The highest BCUT2D eigenvalue weighted by molar-refractivity contribution is 6.06. The van der Waals surface area contributed by atoms with E-state index in [-0.39, 0.29) is 24.1 Å². The summed E-state index contributed by atoms with van der Waals surface area (Å²) in [5, 5.41) is 2.70. The molecule has 126 valence electrons. The number of imidazole rings is 1. The first-order valence-electron chi connectivity index (χ1n) is 7.82. The number of carbonyl (C=O) groups excluding carboxylic acids is 2. The van der Waals surface area contributed by atoms with E-state index < -0.39 is 5.54 Å². The fourth-order valence-corrected chi connectivity index (χ4v) is 3.27. The van der Waals surface area contributed by atoms with Crippen LogP contribution in [0.4, 0.5) is 4.79 Å². The quantitative estimate of drug-likeness (QED) is 0.771. The number of rotatable bonds is 5. The number of aromatic nitrogens is 2. The molecule has 3 rings (SSSR count). The van der Waals surface area contributed by atoms with E-state index in [9.17, 15) is 9.59 Å². The minimum Gasteiger partial charge on any atom is -0.380 e. The molecule has 3 heterocycles. The summed E-state index contributed by atoms with van der Waals surface area (Å²) < 4.78 is 5.47.